The minimum Gasteiger partial charge on any atom is -0.481 e. The van der Waals surface area contributed by atoms with Crippen molar-refractivity contribution in [3.8, 4) is 0 Å². The van der Waals surface area contributed by atoms with Crippen LogP contribution in [0.2, 0.25) is 0 Å². The Morgan fingerprint density at radius 2 is 2.15 bits per heavy atom. The van der Waals surface area contributed by atoms with Gasteiger partial charge in [-0.15, -0.1) is 0 Å². The molecule has 0 aliphatic carbocycles. The van der Waals surface area contributed by atoms with Crippen LogP contribution in [-0.2, 0) is 21.5 Å². The van der Waals surface area contributed by atoms with Gasteiger partial charge in [0.25, 0.3) is 10.2 Å². The van der Waals surface area contributed by atoms with E-state index in [1.807, 2.05) is 0 Å². The molecule has 20 heavy (non-hydrogen) atoms. The fourth-order valence-electron chi connectivity index (χ4n) is 2.23. The molecule has 1 N–H and O–H groups in total. The number of carboxylic acid groups (broad SMARTS) is 1. The Morgan fingerprint density at radius 1 is 1.50 bits per heavy atom. The summed E-state index contributed by atoms with van der Waals surface area (Å²) < 4.78 is 32.4. The monoisotopic (exact) mass is 302 g/mol. The zero-order valence-corrected chi connectivity index (χ0v) is 12.0. The van der Waals surface area contributed by atoms with Crippen molar-refractivity contribution in [2.75, 3.05) is 20.1 Å². The summed E-state index contributed by atoms with van der Waals surface area (Å²) in [7, 11) is -2.09. The molecule has 1 saturated heterocycles. The first-order chi connectivity index (χ1) is 9.41. The van der Waals surface area contributed by atoms with Crippen LogP contribution in [0.1, 0.15) is 18.6 Å². The second-order valence-corrected chi connectivity index (χ2v) is 6.89. The van der Waals surface area contributed by atoms with Gasteiger partial charge in [0, 0.05) is 20.1 Å². The van der Waals surface area contributed by atoms with Gasteiger partial charge in [0.05, 0.1) is 18.7 Å². The van der Waals surface area contributed by atoms with E-state index in [2.05, 4.69) is 0 Å². The predicted octanol–water partition coefficient (Wildman–Crippen LogP) is 0.753. The quantitative estimate of drug-likeness (QED) is 0.866. The lowest BCUT2D eigenvalue weighted by atomic mass is 9.99. The summed E-state index contributed by atoms with van der Waals surface area (Å²) in [6.45, 7) is 0.637. The molecule has 0 amide bonds. The summed E-state index contributed by atoms with van der Waals surface area (Å²) in [4.78, 5) is 10.9. The van der Waals surface area contributed by atoms with Crippen LogP contribution in [0, 0.1) is 5.92 Å². The standard InChI is InChI=1S/C12H18N2O5S/c1-13(9-11-3-2-8-19-11)20(17,18)14-6-4-10(5-7-14)12(15)16/h2-3,8,10H,4-7,9H2,1H3,(H,15,16). The zero-order valence-electron chi connectivity index (χ0n) is 11.2. The maximum absolute atomic E-state index is 12.4. The molecule has 0 spiro atoms. The fraction of sp³-hybridized carbons (Fsp3) is 0.583. The maximum Gasteiger partial charge on any atom is 0.306 e. The maximum atomic E-state index is 12.4. The molecular weight excluding hydrogens is 284 g/mol. The first kappa shape index (κ1) is 15.0. The topological polar surface area (TPSA) is 91.1 Å². The highest BCUT2D eigenvalue weighted by atomic mass is 32.2. The molecule has 1 aromatic rings. The van der Waals surface area contributed by atoms with Crippen LogP contribution >= 0.6 is 0 Å². The Hall–Kier alpha value is -1.38. The molecule has 0 unspecified atom stereocenters. The Bertz CT molecular complexity index is 546. The summed E-state index contributed by atoms with van der Waals surface area (Å²) >= 11 is 0. The summed E-state index contributed by atoms with van der Waals surface area (Å²) in [5.41, 5.74) is 0. The Labute approximate surface area is 118 Å². The molecule has 1 fully saturated rings. The summed E-state index contributed by atoms with van der Waals surface area (Å²) in [6, 6.07) is 3.41. The van der Waals surface area contributed by atoms with Crippen molar-refractivity contribution in [1.82, 2.24) is 8.61 Å². The van der Waals surface area contributed by atoms with Crippen LogP contribution in [-0.4, -0.2) is 48.2 Å². The zero-order chi connectivity index (χ0) is 14.8. The van der Waals surface area contributed by atoms with Gasteiger partial charge in [0.15, 0.2) is 0 Å². The van der Waals surface area contributed by atoms with E-state index in [0.29, 0.717) is 18.6 Å². The lowest BCUT2D eigenvalue weighted by Gasteiger charge is -2.32. The summed E-state index contributed by atoms with van der Waals surface area (Å²) in [5, 5.41) is 8.92. The molecule has 7 nitrogen and oxygen atoms in total. The van der Waals surface area contributed by atoms with Crippen LogP contribution < -0.4 is 0 Å². The number of piperidine rings is 1. The van der Waals surface area contributed by atoms with Gasteiger partial charge in [0.1, 0.15) is 5.76 Å². The van der Waals surface area contributed by atoms with Gasteiger partial charge < -0.3 is 9.52 Å². The first-order valence-corrected chi connectivity index (χ1v) is 7.77. The summed E-state index contributed by atoms with van der Waals surface area (Å²) in [6.07, 6.45) is 2.19. The molecular formula is C12H18N2O5S. The average Bonchev–Trinajstić information content (AvgIpc) is 2.91. The lowest BCUT2D eigenvalue weighted by Crippen LogP contribution is -2.46. The average molecular weight is 302 g/mol. The molecule has 1 aromatic heterocycles. The minimum absolute atomic E-state index is 0.161. The minimum atomic E-state index is -3.57. The van der Waals surface area contributed by atoms with Crippen LogP contribution in [0.3, 0.4) is 0 Å². The van der Waals surface area contributed by atoms with Gasteiger partial charge in [-0.2, -0.15) is 17.0 Å². The van der Waals surface area contributed by atoms with E-state index < -0.39 is 22.1 Å². The number of carbonyl (C=O) groups is 1. The van der Waals surface area contributed by atoms with Crippen molar-refractivity contribution in [1.29, 1.82) is 0 Å². The predicted molar refractivity (Wildman–Crippen MR) is 71.0 cm³/mol. The molecule has 0 aromatic carbocycles. The highest BCUT2D eigenvalue weighted by molar-refractivity contribution is 7.86. The molecule has 8 heteroatoms. The molecule has 1 aliphatic heterocycles. The molecule has 112 valence electrons. The second-order valence-electron chi connectivity index (χ2n) is 4.85. The number of carboxylic acids is 1. The van der Waals surface area contributed by atoms with Crippen molar-refractivity contribution >= 4 is 16.2 Å². The SMILES string of the molecule is CN(Cc1ccco1)S(=O)(=O)N1CCC(C(=O)O)CC1. The number of hydrogen-bond acceptors (Lipinski definition) is 4. The van der Waals surface area contributed by atoms with E-state index in [4.69, 9.17) is 9.52 Å². The van der Waals surface area contributed by atoms with Crippen LogP contribution in [0.4, 0.5) is 0 Å². The van der Waals surface area contributed by atoms with Crippen molar-refractivity contribution in [3.63, 3.8) is 0 Å². The van der Waals surface area contributed by atoms with Crippen molar-refractivity contribution < 1.29 is 22.7 Å². The van der Waals surface area contributed by atoms with Gasteiger partial charge in [-0.05, 0) is 25.0 Å². The Balaban J connectivity index is 1.98. The van der Waals surface area contributed by atoms with E-state index in [-0.39, 0.29) is 19.6 Å². The number of hydrogen-bond donors (Lipinski definition) is 1. The van der Waals surface area contributed by atoms with Gasteiger partial charge in [-0.3, -0.25) is 4.79 Å². The third kappa shape index (κ3) is 3.20. The molecule has 0 radical (unpaired) electrons. The molecule has 0 bridgehead atoms. The van der Waals surface area contributed by atoms with E-state index in [1.165, 1.54) is 21.9 Å². The number of aliphatic carboxylic acids is 1. The van der Waals surface area contributed by atoms with Gasteiger partial charge in [-0.25, -0.2) is 0 Å². The molecule has 2 heterocycles. The van der Waals surface area contributed by atoms with Crippen LogP contribution in [0.25, 0.3) is 0 Å². The normalized spacial score (nSPS) is 18.5. The van der Waals surface area contributed by atoms with Gasteiger partial charge >= 0.3 is 5.97 Å². The molecule has 1 aliphatic rings. The van der Waals surface area contributed by atoms with Crippen LogP contribution in [0.15, 0.2) is 22.8 Å². The Kier molecular flexibility index (Phi) is 4.46. The Morgan fingerprint density at radius 3 is 2.65 bits per heavy atom. The van der Waals surface area contributed by atoms with Gasteiger partial charge in [-0.1, -0.05) is 0 Å². The smallest absolute Gasteiger partial charge is 0.306 e. The lowest BCUT2D eigenvalue weighted by molar-refractivity contribution is -0.142. The van der Waals surface area contributed by atoms with Crippen molar-refractivity contribution in [3.05, 3.63) is 24.2 Å². The largest absolute Gasteiger partial charge is 0.481 e. The van der Waals surface area contributed by atoms with E-state index in [0.717, 1.165) is 0 Å². The third-order valence-electron chi connectivity index (χ3n) is 3.48. The fourth-order valence-corrected chi connectivity index (χ4v) is 3.59. The van der Waals surface area contributed by atoms with Crippen molar-refractivity contribution in [2.45, 2.75) is 19.4 Å². The van der Waals surface area contributed by atoms with E-state index in [9.17, 15) is 13.2 Å². The molecule has 2 rings (SSSR count). The molecule has 0 saturated carbocycles. The highest BCUT2D eigenvalue weighted by Gasteiger charge is 2.33. The van der Waals surface area contributed by atoms with E-state index >= 15 is 0 Å². The molecule has 0 atom stereocenters. The van der Waals surface area contributed by atoms with Crippen LogP contribution in [0.5, 0.6) is 0 Å². The van der Waals surface area contributed by atoms with E-state index in [1.54, 1.807) is 12.1 Å². The first-order valence-electron chi connectivity index (χ1n) is 6.38. The second kappa shape index (κ2) is 5.94. The number of furan rings is 1. The van der Waals surface area contributed by atoms with Crippen molar-refractivity contribution in [2.24, 2.45) is 5.92 Å². The van der Waals surface area contributed by atoms with Gasteiger partial charge in [0.2, 0.25) is 0 Å². The number of nitrogens with zero attached hydrogens (tertiary/aromatic N) is 2. The highest BCUT2D eigenvalue weighted by Crippen LogP contribution is 2.21. The summed E-state index contributed by atoms with van der Waals surface area (Å²) in [5.74, 6) is -0.737. The third-order valence-corrected chi connectivity index (χ3v) is 5.42. The number of rotatable bonds is 5.